The number of amides is 1. The van der Waals surface area contributed by atoms with Gasteiger partial charge in [-0.05, 0) is 37.8 Å². The van der Waals surface area contributed by atoms with E-state index in [9.17, 15) is 18.0 Å². The van der Waals surface area contributed by atoms with E-state index in [0.29, 0.717) is 5.92 Å². The summed E-state index contributed by atoms with van der Waals surface area (Å²) >= 11 is 0. The lowest BCUT2D eigenvalue weighted by molar-refractivity contribution is -0.141. The number of halogens is 3. The third-order valence-electron chi connectivity index (χ3n) is 3.00. The summed E-state index contributed by atoms with van der Waals surface area (Å²) < 4.78 is 36.8. The number of aromatic nitrogens is 1. The van der Waals surface area contributed by atoms with Crippen LogP contribution >= 0.6 is 0 Å². The van der Waals surface area contributed by atoms with E-state index >= 15 is 0 Å². The lowest BCUT2D eigenvalue weighted by Gasteiger charge is -2.13. The highest BCUT2D eigenvalue weighted by molar-refractivity contribution is 5.94. The molecule has 3 nitrogen and oxygen atoms in total. The van der Waals surface area contributed by atoms with Crippen molar-refractivity contribution in [1.82, 2.24) is 10.3 Å². The second-order valence-electron chi connectivity index (χ2n) is 4.53. The Morgan fingerprint density at radius 3 is 2.56 bits per heavy atom. The van der Waals surface area contributed by atoms with Gasteiger partial charge in [0.15, 0.2) is 0 Å². The zero-order valence-electron chi connectivity index (χ0n) is 9.79. The predicted molar refractivity (Wildman–Crippen MR) is 58.9 cm³/mol. The van der Waals surface area contributed by atoms with Crippen LogP contribution in [0.15, 0.2) is 18.3 Å². The van der Waals surface area contributed by atoms with Gasteiger partial charge in [-0.1, -0.05) is 0 Å². The second-order valence-corrected chi connectivity index (χ2v) is 4.53. The molecule has 1 N–H and O–H groups in total. The van der Waals surface area contributed by atoms with Crippen molar-refractivity contribution in [3.63, 3.8) is 0 Å². The van der Waals surface area contributed by atoms with Gasteiger partial charge in [-0.15, -0.1) is 0 Å². The van der Waals surface area contributed by atoms with Gasteiger partial charge in [0.25, 0.3) is 5.91 Å². The Labute approximate surface area is 102 Å². The largest absolute Gasteiger partial charge is 0.433 e. The summed E-state index contributed by atoms with van der Waals surface area (Å²) in [7, 11) is 0. The molecule has 1 aromatic rings. The molecule has 1 aromatic heterocycles. The molecular weight excluding hydrogens is 245 g/mol. The number of nitrogens with zero attached hydrogens (tertiary/aromatic N) is 1. The Morgan fingerprint density at radius 1 is 1.44 bits per heavy atom. The van der Waals surface area contributed by atoms with Gasteiger partial charge in [-0.25, -0.2) is 0 Å². The molecule has 1 fully saturated rings. The van der Waals surface area contributed by atoms with Crippen molar-refractivity contribution in [2.75, 3.05) is 0 Å². The summed E-state index contributed by atoms with van der Waals surface area (Å²) in [6.45, 7) is 1.90. The lowest BCUT2D eigenvalue weighted by atomic mass is 10.2. The van der Waals surface area contributed by atoms with Gasteiger partial charge in [0.1, 0.15) is 5.69 Å². The first-order valence-corrected chi connectivity index (χ1v) is 5.72. The van der Waals surface area contributed by atoms with E-state index in [1.165, 1.54) is 0 Å². The third kappa shape index (κ3) is 3.00. The molecule has 0 radical (unpaired) electrons. The van der Waals surface area contributed by atoms with Gasteiger partial charge in [-0.3, -0.25) is 9.78 Å². The number of rotatable bonds is 3. The van der Waals surface area contributed by atoms with Crippen LogP contribution in [-0.4, -0.2) is 16.9 Å². The first-order chi connectivity index (χ1) is 8.38. The van der Waals surface area contributed by atoms with Crippen LogP contribution in [0.4, 0.5) is 13.2 Å². The molecule has 1 aliphatic rings. The summed E-state index contributed by atoms with van der Waals surface area (Å²) in [5, 5.41) is 2.76. The van der Waals surface area contributed by atoms with Crippen molar-refractivity contribution in [3.05, 3.63) is 29.6 Å². The van der Waals surface area contributed by atoms with E-state index in [0.717, 1.165) is 31.2 Å². The van der Waals surface area contributed by atoms with Gasteiger partial charge < -0.3 is 5.32 Å². The van der Waals surface area contributed by atoms with Crippen LogP contribution in [0.25, 0.3) is 0 Å². The minimum atomic E-state index is -4.48. The fourth-order valence-corrected chi connectivity index (χ4v) is 1.70. The minimum absolute atomic E-state index is 0.0554. The molecule has 2 rings (SSSR count). The minimum Gasteiger partial charge on any atom is -0.349 e. The second kappa shape index (κ2) is 4.59. The lowest BCUT2D eigenvalue weighted by Crippen LogP contribution is -2.34. The molecule has 6 heteroatoms. The fourth-order valence-electron chi connectivity index (χ4n) is 1.70. The summed E-state index contributed by atoms with van der Waals surface area (Å²) in [5.74, 6) is 0.118. The molecule has 18 heavy (non-hydrogen) atoms. The van der Waals surface area contributed by atoms with E-state index < -0.39 is 11.9 Å². The number of pyridine rings is 1. The average molecular weight is 258 g/mol. The van der Waals surface area contributed by atoms with Gasteiger partial charge >= 0.3 is 6.18 Å². The van der Waals surface area contributed by atoms with Gasteiger partial charge in [0, 0.05) is 12.2 Å². The fraction of sp³-hybridized carbons (Fsp3) is 0.500. The molecule has 1 saturated carbocycles. The maximum atomic E-state index is 12.3. The highest BCUT2D eigenvalue weighted by Crippen LogP contribution is 2.32. The van der Waals surface area contributed by atoms with Crippen LogP contribution in [-0.2, 0) is 6.18 Å². The zero-order valence-corrected chi connectivity index (χ0v) is 9.79. The molecule has 1 aliphatic carbocycles. The van der Waals surface area contributed by atoms with Crippen LogP contribution in [0.3, 0.4) is 0 Å². The normalized spacial score (nSPS) is 17.3. The van der Waals surface area contributed by atoms with Crippen molar-refractivity contribution in [2.24, 2.45) is 5.92 Å². The van der Waals surface area contributed by atoms with Crippen LogP contribution in [0.5, 0.6) is 0 Å². The van der Waals surface area contributed by atoms with Crippen molar-refractivity contribution >= 4 is 5.91 Å². The van der Waals surface area contributed by atoms with Crippen molar-refractivity contribution in [1.29, 1.82) is 0 Å². The smallest absolute Gasteiger partial charge is 0.349 e. The molecule has 0 spiro atoms. The van der Waals surface area contributed by atoms with Crippen LogP contribution in [0.2, 0.25) is 0 Å². The number of hydrogen-bond acceptors (Lipinski definition) is 2. The molecule has 1 unspecified atom stereocenters. The molecular formula is C12H13F3N2O. The summed E-state index contributed by atoms with van der Waals surface area (Å²) in [6.07, 6.45) is -1.34. The molecule has 0 saturated heterocycles. The number of nitrogens with one attached hydrogen (secondary N) is 1. The monoisotopic (exact) mass is 258 g/mol. The van der Waals surface area contributed by atoms with Crippen molar-refractivity contribution < 1.29 is 18.0 Å². The van der Waals surface area contributed by atoms with Crippen molar-refractivity contribution in [2.45, 2.75) is 32.0 Å². The van der Waals surface area contributed by atoms with Gasteiger partial charge in [-0.2, -0.15) is 13.2 Å². The van der Waals surface area contributed by atoms with E-state index in [4.69, 9.17) is 0 Å². The van der Waals surface area contributed by atoms with Gasteiger partial charge in [0.05, 0.1) is 5.56 Å². The highest BCUT2D eigenvalue weighted by atomic mass is 19.4. The molecule has 1 amide bonds. The molecule has 1 atom stereocenters. The molecule has 0 bridgehead atoms. The first kappa shape index (κ1) is 12.9. The van der Waals surface area contributed by atoms with Gasteiger partial charge in [0.2, 0.25) is 0 Å². The third-order valence-corrected chi connectivity index (χ3v) is 3.00. The highest BCUT2D eigenvalue weighted by Gasteiger charge is 2.32. The van der Waals surface area contributed by atoms with Crippen LogP contribution in [0.1, 0.15) is 35.8 Å². The van der Waals surface area contributed by atoms with Crippen LogP contribution < -0.4 is 5.32 Å². The molecule has 98 valence electrons. The molecule has 0 aliphatic heterocycles. The number of carbonyl (C=O) groups is 1. The topological polar surface area (TPSA) is 42.0 Å². The maximum Gasteiger partial charge on any atom is 0.433 e. The first-order valence-electron chi connectivity index (χ1n) is 5.72. The average Bonchev–Trinajstić information content (AvgIpc) is 3.11. The molecule has 0 aromatic carbocycles. The van der Waals surface area contributed by atoms with E-state index in [-0.39, 0.29) is 17.5 Å². The number of alkyl halides is 3. The Kier molecular flexibility index (Phi) is 3.28. The SMILES string of the molecule is CC(NC(=O)c1ccc(C(F)(F)F)nc1)C1CC1. The van der Waals surface area contributed by atoms with E-state index in [1.807, 2.05) is 6.92 Å². The number of carbonyl (C=O) groups excluding carboxylic acids is 1. The number of hydrogen-bond donors (Lipinski definition) is 1. The summed E-state index contributed by atoms with van der Waals surface area (Å²) in [5.41, 5.74) is -0.843. The predicted octanol–water partition coefficient (Wildman–Crippen LogP) is 2.63. The Hall–Kier alpha value is -1.59. The summed E-state index contributed by atoms with van der Waals surface area (Å²) in [4.78, 5) is 15.0. The van der Waals surface area contributed by atoms with E-state index in [2.05, 4.69) is 10.3 Å². The molecule has 1 heterocycles. The standard InChI is InChI=1S/C12H13F3N2O/c1-7(8-2-3-8)17-11(18)9-4-5-10(16-6-9)12(13,14)15/h4-8H,2-3H2,1H3,(H,17,18). The van der Waals surface area contributed by atoms with E-state index in [1.54, 1.807) is 0 Å². The Morgan fingerprint density at radius 2 is 2.11 bits per heavy atom. The maximum absolute atomic E-state index is 12.3. The van der Waals surface area contributed by atoms with Crippen LogP contribution in [0, 0.1) is 5.92 Å². The Balaban J connectivity index is 2.02. The zero-order chi connectivity index (χ0) is 13.3. The quantitative estimate of drug-likeness (QED) is 0.905. The Bertz CT molecular complexity index is 438. The summed E-state index contributed by atoms with van der Waals surface area (Å²) in [6, 6.07) is 2.02. The van der Waals surface area contributed by atoms with Crippen molar-refractivity contribution in [3.8, 4) is 0 Å².